The first-order valence-corrected chi connectivity index (χ1v) is 11.0. The van der Waals surface area contributed by atoms with Gasteiger partial charge in [-0.15, -0.1) is 0 Å². The molecule has 2 rings (SSSR count). The van der Waals surface area contributed by atoms with Crippen LogP contribution in [0.25, 0.3) is 0 Å². The smallest absolute Gasteiger partial charge is 0.152 e. The van der Waals surface area contributed by atoms with Gasteiger partial charge in [0.2, 0.25) is 0 Å². The van der Waals surface area contributed by atoms with E-state index in [9.17, 15) is 5.26 Å². The lowest BCUT2D eigenvalue weighted by Gasteiger charge is -2.15. The molecule has 2 aromatic rings. The van der Waals surface area contributed by atoms with Gasteiger partial charge in [0.25, 0.3) is 0 Å². The van der Waals surface area contributed by atoms with Crippen molar-refractivity contribution in [2.24, 2.45) is 4.99 Å². The van der Waals surface area contributed by atoms with Crippen LogP contribution < -0.4 is 20.3 Å². The number of nitriles is 1. The Morgan fingerprint density at radius 1 is 1.19 bits per heavy atom. The molecule has 32 heavy (non-hydrogen) atoms. The number of amidine groups is 1. The van der Waals surface area contributed by atoms with Crippen LogP contribution in [0.5, 0.6) is 11.5 Å². The number of nitrogens with one attached hydrogen (secondary N) is 2. The first kappa shape index (κ1) is 25.2. The summed E-state index contributed by atoms with van der Waals surface area (Å²) in [6, 6.07) is 13.6. The number of benzene rings is 2. The summed E-state index contributed by atoms with van der Waals surface area (Å²) in [6.07, 6.45) is 1.80. The van der Waals surface area contributed by atoms with Gasteiger partial charge in [0.05, 0.1) is 24.9 Å². The van der Waals surface area contributed by atoms with Crippen molar-refractivity contribution in [3.8, 4) is 17.6 Å². The number of aryl methyl sites for hydroxylation is 1. The van der Waals surface area contributed by atoms with Crippen molar-refractivity contribution in [2.45, 2.75) is 46.3 Å². The molecule has 0 spiro atoms. The summed E-state index contributed by atoms with van der Waals surface area (Å²) in [6.45, 7) is 7.84. The van der Waals surface area contributed by atoms with Crippen molar-refractivity contribution in [3.63, 3.8) is 0 Å². The van der Waals surface area contributed by atoms with Crippen LogP contribution in [-0.2, 0) is 17.9 Å². The van der Waals surface area contributed by atoms with Crippen molar-refractivity contribution >= 4 is 5.84 Å². The number of aliphatic imine (C=N–C) groups is 1. The molecule has 0 aliphatic carbocycles. The van der Waals surface area contributed by atoms with Gasteiger partial charge in [0.1, 0.15) is 17.6 Å². The number of hydrogen-bond acceptors (Lipinski definition) is 6. The average Bonchev–Trinajstić information content (AvgIpc) is 2.80. The second-order valence-electron chi connectivity index (χ2n) is 7.55. The minimum absolute atomic E-state index is 0.00656. The molecule has 7 heteroatoms. The predicted octanol–water partition coefficient (Wildman–Crippen LogP) is 3.99. The van der Waals surface area contributed by atoms with E-state index in [4.69, 9.17) is 14.3 Å². The third kappa shape index (κ3) is 7.56. The number of rotatable bonds is 12. The molecule has 0 aliphatic rings. The molecular weight excluding hydrogens is 404 g/mol. The van der Waals surface area contributed by atoms with E-state index in [1.807, 2.05) is 45.2 Å². The average molecular weight is 439 g/mol. The van der Waals surface area contributed by atoms with E-state index in [0.29, 0.717) is 23.8 Å². The van der Waals surface area contributed by atoms with Crippen LogP contribution in [0.15, 0.2) is 41.4 Å². The molecule has 0 aromatic heterocycles. The second-order valence-corrected chi connectivity index (χ2v) is 7.55. The quantitative estimate of drug-likeness (QED) is 0.225. The maximum atomic E-state index is 9.40. The molecule has 0 aliphatic heterocycles. The topological polar surface area (TPSA) is 87.9 Å². The molecule has 0 amide bonds. The lowest BCUT2D eigenvalue weighted by Crippen LogP contribution is -2.26. The van der Waals surface area contributed by atoms with Crippen molar-refractivity contribution < 1.29 is 14.3 Å². The normalized spacial score (nSPS) is 11.3. The van der Waals surface area contributed by atoms with Crippen LogP contribution in [-0.4, -0.2) is 39.2 Å². The highest BCUT2D eigenvalue weighted by Crippen LogP contribution is 2.22. The second kappa shape index (κ2) is 13.4. The summed E-state index contributed by atoms with van der Waals surface area (Å²) < 4.78 is 11.5. The van der Waals surface area contributed by atoms with Crippen molar-refractivity contribution in [1.29, 1.82) is 5.26 Å². The Kier molecular flexibility index (Phi) is 10.5. The van der Waals surface area contributed by atoms with Crippen LogP contribution in [0, 0.1) is 11.3 Å². The number of ether oxygens (including phenoxy) is 2. The van der Waals surface area contributed by atoms with Crippen LogP contribution in [0.3, 0.4) is 0 Å². The van der Waals surface area contributed by atoms with E-state index >= 15 is 0 Å². The summed E-state index contributed by atoms with van der Waals surface area (Å²) in [4.78, 5) is 10.1. The number of hydrogen-bond donors (Lipinski definition) is 2. The zero-order chi connectivity index (χ0) is 23.3. The summed E-state index contributed by atoms with van der Waals surface area (Å²) in [7, 11) is 3.66. The summed E-state index contributed by atoms with van der Waals surface area (Å²) in [5.41, 5.74) is 6.40. The molecular formula is C25H34N4O3. The van der Waals surface area contributed by atoms with E-state index in [1.165, 1.54) is 0 Å². The van der Waals surface area contributed by atoms with Gasteiger partial charge in [0, 0.05) is 12.6 Å². The molecule has 0 fully saturated rings. The molecule has 0 atom stereocenters. The first-order valence-electron chi connectivity index (χ1n) is 11.0. The summed E-state index contributed by atoms with van der Waals surface area (Å²) in [5, 5.41) is 12.5. The largest absolute Gasteiger partial charge is 0.494 e. The lowest BCUT2D eigenvalue weighted by molar-refractivity contribution is 0.0714. The molecule has 2 N–H and O–H groups in total. The van der Waals surface area contributed by atoms with Crippen LogP contribution >= 0.6 is 0 Å². The van der Waals surface area contributed by atoms with Gasteiger partial charge in [-0.1, -0.05) is 13.0 Å². The fraction of sp³-hybridized carbons (Fsp3) is 0.440. The highest BCUT2D eigenvalue weighted by Gasteiger charge is 2.11. The summed E-state index contributed by atoms with van der Waals surface area (Å²) in [5.74, 6) is 2.07. The first-order chi connectivity index (χ1) is 15.5. The third-order valence-electron chi connectivity index (χ3n) is 4.71. The molecule has 2 aromatic carbocycles. The molecule has 0 bridgehead atoms. The zero-order valence-corrected chi connectivity index (χ0v) is 19.7. The van der Waals surface area contributed by atoms with Gasteiger partial charge in [0.15, 0.2) is 5.84 Å². The zero-order valence-electron chi connectivity index (χ0n) is 19.7. The van der Waals surface area contributed by atoms with E-state index in [1.54, 1.807) is 19.2 Å². The maximum absolute atomic E-state index is 9.40. The molecule has 0 saturated carbocycles. The Bertz CT molecular complexity index is 935. The molecule has 0 radical (unpaired) electrons. The fourth-order valence-electron chi connectivity index (χ4n) is 3.14. The van der Waals surface area contributed by atoms with Crippen molar-refractivity contribution in [1.82, 2.24) is 10.8 Å². The van der Waals surface area contributed by atoms with Crippen molar-refractivity contribution in [3.05, 3.63) is 58.7 Å². The van der Waals surface area contributed by atoms with Crippen molar-refractivity contribution in [2.75, 3.05) is 27.2 Å². The highest BCUT2D eigenvalue weighted by molar-refractivity contribution is 5.99. The van der Waals surface area contributed by atoms with Gasteiger partial charge in [-0.05, 0) is 81.7 Å². The Labute approximate surface area is 191 Å². The van der Waals surface area contributed by atoms with Gasteiger partial charge in [-0.3, -0.25) is 9.83 Å². The maximum Gasteiger partial charge on any atom is 0.152 e. The van der Waals surface area contributed by atoms with E-state index in [-0.39, 0.29) is 12.7 Å². The monoisotopic (exact) mass is 438 g/mol. The van der Waals surface area contributed by atoms with E-state index in [0.717, 1.165) is 41.8 Å². The van der Waals surface area contributed by atoms with Crippen LogP contribution in [0.4, 0.5) is 0 Å². The summed E-state index contributed by atoms with van der Waals surface area (Å²) >= 11 is 0. The van der Waals surface area contributed by atoms with Gasteiger partial charge in [-0.2, -0.15) is 5.26 Å². The van der Waals surface area contributed by atoms with Crippen LogP contribution in [0.2, 0.25) is 0 Å². The highest BCUT2D eigenvalue weighted by atomic mass is 16.6. The van der Waals surface area contributed by atoms with E-state index < -0.39 is 0 Å². The van der Waals surface area contributed by atoms with Gasteiger partial charge < -0.3 is 14.8 Å². The Morgan fingerprint density at radius 3 is 2.66 bits per heavy atom. The lowest BCUT2D eigenvalue weighted by atomic mass is 10.0. The minimum atomic E-state index is 0.00656. The molecule has 0 heterocycles. The number of nitrogens with zero attached hydrogens (tertiary/aromatic N) is 2. The standard InChI is InChI=1S/C25H34N4O3/c1-6-20-15-22(30-13-7-12-27-4)9-10-23(20)25(28-5)29-31-17-19-8-11-24(32-18(2)3)21(14-19)16-26/h8-11,14-15,18,27H,6-7,12-13,17H2,1-5H3,(H,28,29). The fourth-order valence-corrected chi connectivity index (χ4v) is 3.14. The van der Waals surface area contributed by atoms with Gasteiger partial charge in [-0.25, -0.2) is 5.48 Å². The van der Waals surface area contributed by atoms with Crippen LogP contribution in [0.1, 0.15) is 49.4 Å². The van der Waals surface area contributed by atoms with Gasteiger partial charge >= 0.3 is 0 Å². The Balaban J connectivity index is 2.01. The minimum Gasteiger partial charge on any atom is -0.494 e. The van der Waals surface area contributed by atoms with E-state index in [2.05, 4.69) is 28.8 Å². The molecule has 7 nitrogen and oxygen atoms in total. The molecule has 172 valence electrons. The third-order valence-corrected chi connectivity index (χ3v) is 4.71. The SMILES string of the molecule is CCc1cc(OCCCNC)ccc1C(=NC)NOCc1ccc(OC(C)C)c(C#N)c1. The molecule has 0 saturated heterocycles. The number of hydroxylamine groups is 1. The predicted molar refractivity (Wildman–Crippen MR) is 127 cm³/mol. The Morgan fingerprint density at radius 2 is 2.00 bits per heavy atom. The Hall–Kier alpha value is -3.08. The molecule has 0 unspecified atom stereocenters.